The van der Waals surface area contributed by atoms with Gasteiger partial charge < -0.3 is 5.32 Å². The Morgan fingerprint density at radius 1 is 1.67 bits per heavy atom. The number of aromatic amines is 1. The molecular formula is C9H15N3. The van der Waals surface area contributed by atoms with E-state index in [2.05, 4.69) is 22.4 Å². The summed E-state index contributed by atoms with van der Waals surface area (Å²) >= 11 is 0. The molecule has 2 N–H and O–H groups in total. The molecule has 1 aromatic heterocycles. The second-order valence-electron chi connectivity index (χ2n) is 3.53. The molecule has 2 rings (SSSR count). The highest BCUT2D eigenvalue weighted by atomic mass is 15.1. The van der Waals surface area contributed by atoms with Gasteiger partial charge in [0.15, 0.2) is 0 Å². The van der Waals surface area contributed by atoms with Crippen LogP contribution in [0.2, 0.25) is 0 Å². The number of H-pyrrole nitrogens is 1. The van der Waals surface area contributed by atoms with Crippen LogP contribution in [0.5, 0.6) is 0 Å². The third-order valence-corrected chi connectivity index (χ3v) is 2.62. The van der Waals surface area contributed by atoms with Crippen LogP contribution in [0.15, 0.2) is 6.20 Å². The summed E-state index contributed by atoms with van der Waals surface area (Å²) < 4.78 is 0. The molecule has 1 aliphatic rings. The fourth-order valence-electron chi connectivity index (χ4n) is 1.42. The Hall–Kier alpha value is -0.830. The highest BCUT2D eigenvalue weighted by molar-refractivity contribution is 5.13. The van der Waals surface area contributed by atoms with Gasteiger partial charge in [0, 0.05) is 23.8 Å². The molecule has 0 spiro atoms. The number of hydrogen-bond acceptors (Lipinski definition) is 2. The van der Waals surface area contributed by atoms with E-state index >= 15 is 0 Å². The van der Waals surface area contributed by atoms with Crippen molar-refractivity contribution in [3.05, 3.63) is 17.5 Å². The second kappa shape index (κ2) is 3.27. The predicted molar refractivity (Wildman–Crippen MR) is 47.8 cm³/mol. The minimum atomic E-state index is 0.763. The van der Waals surface area contributed by atoms with Crippen molar-refractivity contribution >= 4 is 0 Å². The van der Waals surface area contributed by atoms with Crippen molar-refractivity contribution in [1.82, 2.24) is 15.5 Å². The Morgan fingerprint density at radius 3 is 3.00 bits per heavy atom. The van der Waals surface area contributed by atoms with Gasteiger partial charge in [0.25, 0.3) is 0 Å². The molecule has 3 heteroatoms. The maximum atomic E-state index is 3.98. The molecule has 66 valence electrons. The molecule has 1 aliphatic carbocycles. The van der Waals surface area contributed by atoms with Crippen molar-refractivity contribution in [2.75, 3.05) is 0 Å². The lowest BCUT2D eigenvalue weighted by Crippen LogP contribution is -2.34. The zero-order chi connectivity index (χ0) is 8.39. The van der Waals surface area contributed by atoms with Crippen molar-refractivity contribution in [1.29, 1.82) is 0 Å². The molecule has 0 saturated heterocycles. The molecule has 0 aliphatic heterocycles. The number of aromatic nitrogens is 2. The Labute approximate surface area is 72.6 Å². The lowest BCUT2D eigenvalue weighted by molar-refractivity contribution is 0.338. The first-order chi connectivity index (χ1) is 5.86. The first-order valence-corrected chi connectivity index (χ1v) is 4.58. The fraction of sp³-hybridized carbons (Fsp3) is 0.667. The fourth-order valence-corrected chi connectivity index (χ4v) is 1.42. The molecule has 1 fully saturated rings. The number of nitrogens with one attached hydrogen (secondary N) is 2. The van der Waals surface area contributed by atoms with Gasteiger partial charge in [-0.15, -0.1) is 0 Å². The lowest BCUT2D eigenvalue weighted by atomic mass is 9.93. The van der Waals surface area contributed by atoms with Gasteiger partial charge in [-0.05, 0) is 19.8 Å². The van der Waals surface area contributed by atoms with E-state index in [1.165, 1.54) is 30.5 Å². The minimum Gasteiger partial charge on any atom is -0.310 e. The van der Waals surface area contributed by atoms with Crippen LogP contribution >= 0.6 is 0 Å². The number of nitrogens with zero attached hydrogens (tertiary/aromatic N) is 1. The van der Waals surface area contributed by atoms with Crippen LogP contribution in [0.25, 0.3) is 0 Å². The largest absolute Gasteiger partial charge is 0.310 e. The second-order valence-corrected chi connectivity index (χ2v) is 3.53. The molecule has 0 unspecified atom stereocenters. The van der Waals surface area contributed by atoms with Crippen LogP contribution in [-0.2, 0) is 6.54 Å². The van der Waals surface area contributed by atoms with Crippen molar-refractivity contribution < 1.29 is 0 Å². The molecular weight excluding hydrogens is 150 g/mol. The minimum absolute atomic E-state index is 0.763. The van der Waals surface area contributed by atoms with E-state index < -0.39 is 0 Å². The van der Waals surface area contributed by atoms with E-state index in [9.17, 15) is 0 Å². The summed E-state index contributed by atoms with van der Waals surface area (Å²) in [6.07, 6.45) is 5.98. The van der Waals surface area contributed by atoms with Gasteiger partial charge in [0.2, 0.25) is 0 Å². The molecule has 12 heavy (non-hydrogen) atoms. The third kappa shape index (κ3) is 1.50. The van der Waals surface area contributed by atoms with Crippen molar-refractivity contribution in [3.63, 3.8) is 0 Å². The molecule has 0 aromatic carbocycles. The number of hydrogen-bond donors (Lipinski definition) is 2. The van der Waals surface area contributed by atoms with Gasteiger partial charge in [-0.3, -0.25) is 5.10 Å². The van der Waals surface area contributed by atoms with Gasteiger partial charge in [-0.25, -0.2) is 0 Å². The number of rotatable bonds is 3. The van der Waals surface area contributed by atoms with Crippen LogP contribution in [0.1, 0.15) is 30.5 Å². The zero-order valence-electron chi connectivity index (χ0n) is 7.43. The summed E-state index contributed by atoms with van der Waals surface area (Å²) in [6.45, 7) is 3.03. The monoisotopic (exact) mass is 165 g/mol. The topological polar surface area (TPSA) is 40.7 Å². The van der Waals surface area contributed by atoms with Crippen LogP contribution in [-0.4, -0.2) is 16.2 Å². The van der Waals surface area contributed by atoms with E-state index in [0.29, 0.717) is 0 Å². The van der Waals surface area contributed by atoms with E-state index in [4.69, 9.17) is 0 Å². The van der Waals surface area contributed by atoms with Crippen molar-refractivity contribution in [2.24, 2.45) is 0 Å². The van der Waals surface area contributed by atoms with Crippen LogP contribution in [0.4, 0.5) is 0 Å². The summed E-state index contributed by atoms with van der Waals surface area (Å²) in [6, 6.07) is 0.763. The molecule has 0 atom stereocenters. The molecule has 0 amide bonds. The van der Waals surface area contributed by atoms with Gasteiger partial charge in [0.05, 0.1) is 6.20 Å². The van der Waals surface area contributed by atoms with E-state index in [1.807, 2.05) is 6.20 Å². The average Bonchev–Trinajstić information content (AvgIpc) is 2.33. The van der Waals surface area contributed by atoms with Gasteiger partial charge in [0.1, 0.15) is 0 Å². The lowest BCUT2D eigenvalue weighted by Gasteiger charge is -2.26. The molecule has 1 aromatic rings. The highest BCUT2D eigenvalue weighted by Crippen LogP contribution is 2.18. The van der Waals surface area contributed by atoms with Gasteiger partial charge in [-0.1, -0.05) is 6.42 Å². The first kappa shape index (κ1) is 7.80. The Balaban J connectivity index is 1.82. The van der Waals surface area contributed by atoms with Gasteiger partial charge >= 0.3 is 0 Å². The van der Waals surface area contributed by atoms with Gasteiger partial charge in [-0.2, -0.15) is 5.10 Å². The number of aryl methyl sites for hydroxylation is 1. The summed E-state index contributed by atoms with van der Waals surface area (Å²) in [5.74, 6) is 0. The third-order valence-electron chi connectivity index (χ3n) is 2.62. The van der Waals surface area contributed by atoms with E-state index in [1.54, 1.807) is 0 Å². The van der Waals surface area contributed by atoms with Crippen LogP contribution in [0, 0.1) is 6.92 Å². The smallest absolute Gasteiger partial charge is 0.0535 e. The first-order valence-electron chi connectivity index (χ1n) is 4.58. The molecule has 1 heterocycles. The van der Waals surface area contributed by atoms with Crippen LogP contribution in [0.3, 0.4) is 0 Å². The summed E-state index contributed by atoms with van der Waals surface area (Å²) in [5, 5.41) is 10.4. The van der Waals surface area contributed by atoms with Crippen molar-refractivity contribution in [3.8, 4) is 0 Å². The maximum absolute atomic E-state index is 3.98. The molecule has 3 nitrogen and oxygen atoms in total. The maximum Gasteiger partial charge on any atom is 0.0535 e. The summed E-state index contributed by atoms with van der Waals surface area (Å²) in [5.41, 5.74) is 2.48. The molecule has 0 bridgehead atoms. The average molecular weight is 165 g/mol. The quantitative estimate of drug-likeness (QED) is 0.710. The zero-order valence-corrected chi connectivity index (χ0v) is 7.43. The molecule has 1 saturated carbocycles. The predicted octanol–water partition coefficient (Wildman–Crippen LogP) is 1.36. The normalized spacial score (nSPS) is 17.8. The van der Waals surface area contributed by atoms with E-state index in [0.717, 1.165) is 12.6 Å². The summed E-state index contributed by atoms with van der Waals surface area (Å²) in [4.78, 5) is 0. The Morgan fingerprint density at radius 2 is 2.50 bits per heavy atom. The summed E-state index contributed by atoms with van der Waals surface area (Å²) in [7, 11) is 0. The highest BCUT2D eigenvalue weighted by Gasteiger charge is 2.16. The Bertz CT molecular complexity index is 250. The Kier molecular flexibility index (Phi) is 2.13. The van der Waals surface area contributed by atoms with Crippen molar-refractivity contribution in [2.45, 2.75) is 38.8 Å². The van der Waals surface area contributed by atoms with Crippen LogP contribution < -0.4 is 5.32 Å². The standard InChI is InChI=1S/C9H15N3/c1-7-8(6-11-12-7)5-10-9-3-2-4-9/h6,9-10H,2-5H2,1H3,(H,11,12). The SMILES string of the molecule is Cc1[nH]ncc1CNC1CCC1. The molecule has 0 radical (unpaired) electrons. The van der Waals surface area contributed by atoms with E-state index in [-0.39, 0.29) is 0 Å².